The van der Waals surface area contributed by atoms with E-state index in [9.17, 15) is 0 Å². The summed E-state index contributed by atoms with van der Waals surface area (Å²) in [5, 5.41) is 6.17. The summed E-state index contributed by atoms with van der Waals surface area (Å²) in [6.07, 6.45) is 0. The van der Waals surface area contributed by atoms with E-state index in [2.05, 4.69) is 189 Å². The lowest BCUT2D eigenvalue weighted by atomic mass is 9.86. The molecule has 0 saturated carbocycles. The Morgan fingerprint density at radius 2 is 1.08 bits per heavy atom. The molecule has 1 heterocycles. The first kappa shape index (κ1) is 30.3. The van der Waals surface area contributed by atoms with Gasteiger partial charge in [-0.25, -0.2) is 0 Å². The highest BCUT2D eigenvalue weighted by Crippen LogP contribution is 2.45. The molecule has 8 aromatic rings. The summed E-state index contributed by atoms with van der Waals surface area (Å²) in [5.74, 6) is 0. The lowest BCUT2D eigenvalue weighted by Crippen LogP contribution is -2.15. The lowest BCUT2D eigenvalue weighted by Gasteiger charge is -2.29. The fraction of sp³-hybridized carbons (Fsp3) is 0.0870. The molecule has 0 spiro atoms. The highest BCUT2D eigenvalue weighted by Gasteiger charge is 2.23. The van der Waals surface area contributed by atoms with E-state index in [1.807, 2.05) is 12.1 Å². The van der Waals surface area contributed by atoms with E-state index in [4.69, 9.17) is 4.42 Å². The van der Waals surface area contributed by atoms with Crippen LogP contribution in [0.25, 0.3) is 44.2 Å². The van der Waals surface area contributed by atoms with Gasteiger partial charge in [0.1, 0.15) is 5.58 Å². The van der Waals surface area contributed by atoms with Gasteiger partial charge in [-0.15, -0.1) is 0 Å². The van der Waals surface area contributed by atoms with Gasteiger partial charge in [-0.05, 0) is 64.6 Å². The van der Waals surface area contributed by atoms with Crippen LogP contribution in [0, 0.1) is 0 Å². The van der Waals surface area contributed by atoms with Gasteiger partial charge in [0.15, 0.2) is 5.58 Å². The summed E-state index contributed by atoms with van der Waals surface area (Å²) in [6.45, 7) is 6.82. The van der Waals surface area contributed by atoms with Gasteiger partial charge in [0.2, 0.25) is 0 Å². The highest BCUT2D eigenvalue weighted by atomic mass is 16.3. The first-order valence-corrected chi connectivity index (χ1v) is 16.9. The zero-order valence-corrected chi connectivity index (χ0v) is 28.0. The number of anilines is 5. The number of nitrogens with zero attached hydrogens (tertiary/aromatic N) is 1. The van der Waals surface area contributed by atoms with Crippen LogP contribution in [0.15, 0.2) is 174 Å². The monoisotopic (exact) mass is 634 g/mol. The van der Waals surface area contributed by atoms with Crippen LogP contribution in [-0.4, -0.2) is 0 Å². The molecule has 49 heavy (non-hydrogen) atoms. The second-order valence-corrected chi connectivity index (χ2v) is 13.5. The molecule has 0 amide bonds. The fourth-order valence-corrected chi connectivity index (χ4v) is 6.71. The van der Waals surface area contributed by atoms with Crippen molar-refractivity contribution < 1.29 is 4.42 Å². The Bertz CT molecular complexity index is 2330. The minimum absolute atomic E-state index is 0.110. The molecule has 0 bridgehead atoms. The highest BCUT2D eigenvalue weighted by molar-refractivity contribution is 6.10. The molecular formula is C46H38N2O. The topological polar surface area (TPSA) is 28.4 Å². The van der Waals surface area contributed by atoms with Crippen LogP contribution in [0.4, 0.5) is 28.4 Å². The van der Waals surface area contributed by atoms with Crippen molar-refractivity contribution in [3.8, 4) is 22.3 Å². The van der Waals surface area contributed by atoms with Crippen molar-refractivity contribution in [3.05, 3.63) is 175 Å². The van der Waals surface area contributed by atoms with Gasteiger partial charge in [-0.2, -0.15) is 0 Å². The summed E-state index contributed by atoms with van der Waals surface area (Å²) in [4.78, 5) is 2.33. The van der Waals surface area contributed by atoms with Crippen LogP contribution in [0.5, 0.6) is 0 Å². The predicted octanol–water partition coefficient (Wildman–Crippen LogP) is 13.4. The Morgan fingerprint density at radius 1 is 0.510 bits per heavy atom. The predicted molar refractivity (Wildman–Crippen MR) is 208 cm³/mol. The van der Waals surface area contributed by atoms with E-state index in [1.165, 1.54) is 5.56 Å². The maximum atomic E-state index is 6.60. The maximum absolute atomic E-state index is 6.60. The largest absolute Gasteiger partial charge is 0.454 e. The van der Waals surface area contributed by atoms with E-state index in [1.54, 1.807) is 0 Å². The molecule has 0 atom stereocenters. The van der Waals surface area contributed by atoms with Crippen molar-refractivity contribution >= 4 is 50.4 Å². The van der Waals surface area contributed by atoms with Crippen molar-refractivity contribution in [1.29, 1.82) is 0 Å². The van der Waals surface area contributed by atoms with Gasteiger partial charge in [0, 0.05) is 39.0 Å². The molecule has 0 unspecified atom stereocenters. The van der Waals surface area contributed by atoms with Crippen molar-refractivity contribution in [3.63, 3.8) is 0 Å². The Hall–Kier alpha value is -6.06. The van der Waals surface area contributed by atoms with E-state index in [0.717, 1.165) is 72.6 Å². The van der Waals surface area contributed by atoms with Gasteiger partial charge in [-0.1, -0.05) is 148 Å². The molecule has 3 nitrogen and oxygen atoms in total. The minimum Gasteiger partial charge on any atom is -0.454 e. The Labute approximate surface area is 288 Å². The molecule has 0 saturated heterocycles. The number of hydrogen-bond acceptors (Lipinski definition) is 3. The van der Waals surface area contributed by atoms with E-state index in [0.29, 0.717) is 0 Å². The summed E-state index contributed by atoms with van der Waals surface area (Å²) in [6, 6.07) is 60.0. The molecule has 7 aromatic carbocycles. The fourth-order valence-electron chi connectivity index (χ4n) is 6.71. The molecule has 1 aromatic heterocycles. The van der Waals surface area contributed by atoms with Crippen molar-refractivity contribution in [2.24, 2.45) is 0 Å². The summed E-state index contributed by atoms with van der Waals surface area (Å²) in [7, 11) is 0. The van der Waals surface area contributed by atoms with Gasteiger partial charge in [0.25, 0.3) is 0 Å². The molecule has 8 rings (SSSR count). The van der Waals surface area contributed by atoms with Crippen molar-refractivity contribution in [2.75, 3.05) is 10.2 Å². The summed E-state index contributed by atoms with van der Waals surface area (Å²) in [5.41, 5.74) is 12.7. The molecule has 238 valence electrons. The standard InChI is InChI=1S/C46H38N2O/c1-46(2,3)34-29-35(47-44-38(32-17-7-4-8-18-32)24-15-25-39(44)33-19-9-5-10-20-33)31-37(30-34)48(36-21-11-6-12-22-36)42-27-16-26-41-40-23-13-14-28-43(40)49-45(41)42/h4-31,47H,1-3H3. The van der Waals surface area contributed by atoms with E-state index >= 15 is 0 Å². The van der Waals surface area contributed by atoms with Crippen LogP contribution in [0.1, 0.15) is 26.3 Å². The molecule has 0 aliphatic rings. The molecule has 1 N–H and O–H groups in total. The number of hydrogen-bond donors (Lipinski definition) is 1. The van der Waals surface area contributed by atoms with Gasteiger partial charge < -0.3 is 14.6 Å². The number of para-hydroxylation sites is 4. The smallest absolute Gasteiger partial charge is 0.159 e. The van der Waals surface area contributed by atoms with Crippen molar-refractivity contribution in [2.45, 2.75) is 26.2 Å². The minimum atomic E-state index is -0.110. The van der Waals surface area contributed by atoms with Gasteiger partial charge in [-0.3, -0.25) is 0 Å². The molecular weight excluding hydrogens is 597 g/mol. The van der Waals surface area contributed by atoms with Crippen LogP contribution >= 0.6 is 0 Å². The Kier molecular flexibility index (Phi) is 7.74. The summed E-state index contributed by atoms with van der Waals surface area (Å²) >= 11 is 0. The number of rotatable bonds is 7. The Morgan fingerprint density at radius 3 is 1.73 bits per heavy atom. The maximum Gasteiger partial charge on any atom is 0.159 e. The number of fused-ring (bicyclic) bond motifs is 3. The second kappa shape index (κ2) is 12.5. The second-order valence-electron chi connectivity index (χ2n) is 13.5. The molecule has 0 aliphatic heterocycles. The molecule has 0 aliphatic carbocycles. The van der Waals surface area contributed by atoms with Crippen LogP contribution < -0.4 is 10.2 Å². The quantitative estimate of drug-likeness (QED) is 0.189. The van der Waals surface area contributed by atoms with Crippen LogP contribution in [0.3, 0.4) is 0 Å². The third kappa shape index (κ3) is 5.85. The third-order valence-electron chi connectivity index (χ3n) is 9.18. The van der Waals surface area contributed by atoms with Crippen molar-refractivity contribution in [1.82, 2.24) is 0 Å². The first-order chi connectivity index (χ1) is 23.9. The van der Waals surface area contributed by atoms with E-state index < -0.39 is 0 Å². The first-order valence-electron chi connectivity index (χ1n) is 16.9. The third-order valence-corrected chi connectivity index (χ3v) is 9.18. The zero-order valence-electron chi connectivity index (χ0n) is 28.0. The average molecular weight is 635 g/mol. The molecule has 3 heteroatoms. The zero-order chi connectivity index (χ0) is 33.4. The summed E-state index contributed by atoms with van der Waals surface area (Å²) < 4.78 is 6.60. The van der Waals surface area contributed by atoms with Crippen LogP contribution in [-0.2, 0) is 5.41 Å². The Balaban J connectivity index is 1.35. The average Bonchev–Trinajstić information content (AvgIpc) is 3.52. The van der Waals surface area contributed by atoms with E-state index in [-0.39, 0.29) is 5.41 Å². The SMILES string of the molecule is CC(C)(C)c1cc(Nc2c(-c3ccccc3)cccc2-c2ccccc2)cc(N(c2ccccc2)c2cccc3c2oc2ccccc23)c1. The lowest BCUT2D eigenvalue weighted by molar-refractivity contribution is 0.590. The number of furan rings is 1. The molecule has 0 fully saturated rings. The number of benzene rings is 7. The molecule has 0 radical (unpaired) electrons. The van der Waals surface area contributed by atoms with Gasteiger partial charge >= 0.3 is 0 Å². The number of nitrogens with one attached hydrogen (secondary N) is 1. The van der Waals surface area contributed by atoms with Crippen LogP contribution in [0.2, 0.25) is 0 Å². The van der Waals surface area contributed by atoms with Gasteiger partial charge in [0.05, 0.1) is 11.4 Å². The normalized spacial score (nSPS) is 11.6.